The van der Waals surface area contributed by atoms with Crippen LogP contribution in [-0.4, -0.2) is 21.4 Å². The van der Waals surface area contributed by atoms with Crippen molar-refractivity contribution in [2.24, 2.45) is 0 Å². The highest BCUT2D eigenvalue weighted by atomic mass is 16.5. The Bertz CT molecular complexity index is 1250. The number of carbonyl (C=O) groups excluding carboxylic acids is 2. The lowest BCUT2D eigenvalue weighted by Gasteiger charge is -2.25. The number of carbonyl (C=O) groups is 2. The van der Waals surface area contributed by atoms with Crippen LogP contribution >= 0.6 is 0 Å². The summed E-state index contributed by atoms with van der Waals surface area (Å²) in [7, 11) is 0. The first-order valence-corrected chi connectivity index (χ1v) is 10.6. The zero-order valence-corrected chi connectivity index (χ0v) is 18.5. The van der Waals surface area contributed by atoms with Crippen molar-refractivity contribution in [3.8, 4) is 5.75 Å². The van der Waals surface area contributed by atoms with Gasteiger partial charge in [0.05, 0.1) is 6.54 Å². The molecule has 0 unspecified atom stereocenters. The first-order chi connectivity index (χ1) is 15.8. The maximum Gasteiger partial charge on any atom is 0.330 e. The van der Waals surface area contributed by atoms with E-state index in [1.807, 2.05) is 37.3 Å². The van der Waals surface area contributed by atoms with Gasteiger partial charge in [0, 0.05) is 19.0 Å². The summed E-state index contributed by atoms with van der Waals surface area (Å²) in [5.41, 5.74) is 5.84. The van der Waals surface area contributed by atoms with Gasteiger partial charge >= 0.3 is 11.7 Å². The minimum Gasteiger partial charge on any atom is -0.427 e. The molecule has 0 fully saturated rings. The van der Waals surface area contributed by atoms with Gasteiger partial charge in [-0.05, 0) is 36.2 Å². The monoisotopic (exact) mass is 450 g/mol. The van der Waals surface area contributed by atoms with Gasteiger partial charge in [-0.2, -0.15) is 0 Å². The number of unbranched alkanes of at least 4 members (excludes halogenated alkanes) is 1. The Morgan fingerprint density at radius 3 is 2.33 bits per heavy atom. The first-order valence-electron chi connectivity index (χ1n) is 10.6. The fraction of sp³-hybridized carbons (Fsp3) is 0.250. The summed E-state index contributed by atoms with van der Waals surface area (Å²) in [6.45, 7) is 3.63. The van der Waals surface area contributed by atoms with Crippen molar-refractivity contribution >= 4 is 23.4 Å². The largest absolute Gasteiger partial charge is 0.427 e. The molecule has 0 saturated heterocycles. The van der Waals surface area contributed by atoms with E-state index in [2.05, 4.69) is 4.98 Å². The molecular formula is C24H26N4O5. The molecule has 0 aliphatic heterocycles. The third-order valence-corrected chi connectivity index (χ3v) is 5.01. The molecule has 0 aliphatic rings. The summed E-state index contributed by atoms with van der Waals surface area (Å²) in [6, 6.07) is 15.1. The summed E-state index contributed by atoms with van der Waals surface area (Å²) in [5, 5.41) is 0. The molecule has 0 radical (unpaired) electrons. The molecule has 1 heterocycles. The Morgan fingerprint density at radius 1 is 1.06 bits per heavy atom. The number of benzene rings is 2. The molecule has 0 atom stereocenters. The van der Waals surface area contributed by atoms with Crippen LogP contribution in [0.4, 0.5) is 11.5 Å². The molecule has 3 aromatic rings. The van der Waals surface area contributed by atoms with Gasteiger partial charge in [0.15, 0.2) is 5.69 Å². The molecule has 0 spiro atoms. The number of nitrogens with zero attached hydrogens (tertiary/aromatic N) is 2. The Balaban J connectivity index is 2.09. The SMILES string of the molecule is CCCCn1c(N)c(N(Cc2ccccc2)C(=O)c2ccc(OC(C)=O)cc2)c(=O)[nH]c1=O. The number of aromatic amines is 1. The van der Waals surface area contributed by atoms with Gasteiger partial charge in [0.1, 0.15) is 11.6 Å². The Kier molecular flexibility index (Phi) is 7.45. The lowest BCUT2D eigenvalue weighted by atomic mass is 10.1. The highest BCUT2D eigenvalue weighted by molar-refractivity contribution is 6.07. The normalized spacial score (nSPS) is 10.6. The third-order valence-electron chi connectivity index (χ3n) is 5.01. The Hall–Kier alpha value is -4.14. The number of H-pyrrole nitrogens is 1. The zero-order valence-electron chi connectivity index (χ0n) is 18.5. The van der Waals surface area contributed by atoms with Crippen molar-refractivity contribution in [2.75, 3.05) is 10.6 Å². The maximum absolute atomic E-state index is 13.5. The molecule has 172 valence electrons. The molecule has 33 heavy (non-hydrogen) atoms. The number of hydrogen-bond donors (Lipinski definition) is 2. The predicted molar refractivity (Wildman–Crippen MR) is 125 cm³/mol. The van der Waals surface area contributed by atoms with E-state index in [0.717, 1.165) is 12.0 Å². The van der Waals surface area contributed by atoms with E-state index >= 15 is 0 Å². The van der Waals surface area contributed by atoms with Gasteiger partial charge in [-0.15, -0.1) is 0 Å². The van der Waals surface area contributed by atoms with Gasteiger partial charge in [0.25, 0.3) is 11.5 Å². The third kappa shape index (κ3) is 5.57. The van der Waals surface area contributed by atoms with E-state index in [1.165, 1.54) is 40.7 Å². The zero-order chi connectivity index (χ0) is 24.0. The molecule has 1 amide bonds. The number of nitrogens with two attached hydrogens (primary N) is 1. The number of anilines is 2. The summed E-state index contributed by atoms with van der Waals surface area (Å²) in [6.07, 6.45) is 1.50. The Labute approximate surface area is 190 Å². The molecule has 9 nitrogen and oxygen atoms in total. The van der Waals surface area contributed by atoms with Crippen molar-refractivity contribution in [1.29, 1.82) is 0 Å². The summed E-state index contributed by atoms with van der Waals surface area (Å²) >= 11 is 0. The predicted octanol–water partition coefficient (Wildman–Crippen LogP) is 2.69. The van der Waals surface area contributed by atoms with Gasteiger partial charge < -0.3 is 10.5 Å². The van der Waals surface area contributed by atoms with Crippen molar-refractivity contribution < 1.29 is 14.3 Å². The van der Waals surface area contributed by atoms with Crippen LogP contribution in [0.5, 0.6) is 5.75 Å². The lowest BCUT2D eigenvalue weighted by molar-refractivity contribution is -0.131. The number of esters is 1. The molecular weight excluding hydrogens is 424 g/mol. The number of rotatable bonds is 8. The van der Waals surface area contributed by atoms with Crippen LogP contribution in [0.1, 0.15) is 42.6 Å². The smallest absolute Gasteiger partial charge is 0.330 e. The summed E-state index contributed by atoms with van der Waals surface area (Å²) in [4.78, 5) is 53.4. The minimum atomic E-state index is -0.744. The molecule has 0 saturated carbocycles. The van der Waals surface area contributed by atoms with Crippen molar-refractivity contribution in [1.82, 2.24) is 9.55 Å². The highest BCUT2D eigenvalue weighted by Crippen LogP contribution is 2.23. The minimum absolute atomic E-state index is 0.0602. The second-order valence-corrected chi connectivity index (χ2v) is 7.49. The van der Waals surface area contributed by atoms with E-state index in [9.17, 15) is 19.2 Å². The van der Waals surface area contributed by atoms with Crippen molar-refractivity contribution in [3.63, 3.8) is 0 Å². The molecule has 3 rings (SSSR count). The van der Waals surface area contributed by atoms with E-state index in [1.54, 1.807) is 0 Å². The van der Waals surface area contributed by atoms with Crippen LogP contribution in [0.2, 0.25) is 0 Å². The van der Waals surface area contributed by atoms with Crippen LogP contribution in [-0.2, 0) is 17.9 Å². The van der Waals surface area contributed by atoms with E-state index in [-0.39, 0.29) is 23.6 Å². The number of ether oxygens (including phenoxy) is 1. The summed E-state index contributed by atoms with van der Waals surface area (Å²) < 4.78 is 6.29. The van der Waals surface area contributed by atoms with Gasteiger partial charge in [-0.1, -0.05) is 43.7 Å². The lowest BCUT2D eigenvalue weighted by Crippen LogP contribution is -2.41. The van der Waals surface area contributed by atoms with Gasteiger partial charge in [-0.25, -0.2) is 4.79 Å². The van der Waals surface area contributed by atoms with E-state index in [0.29, 0.717) is 18.7 Å². The number of aromatic nitrogens is 2. The maximum atomic E-state index is 13.5. The van der Waals surface area contributed by atoms with Crippen LogP contribution in [0, 0.1) is 0 Å². The highest BCUT2D eigenvalue weighted by Gasteiger charge is 2.25. The van der Waals surface area contributed by atoms with Crippen LogP contribution in [0.25, 0.3) is 0 Å². The molecule has 9 heteroatoms. The quantitative estimate of drug-likeness (QED) is 0.401. The average molecular weight is 450 g/mol. The summed E-state index contributed by atoms with van der Waals surface area (Å²) in [5.74, 6) is -0.753. The van der Waals surface area contributed by atoms with Crippen LogP contribution in [0.15, 0.2) is 64.2 Å². The second-order valence-electron chi connectivity index (χ2n) is 7.49. The molecule has 0 bridgehead atoms. The Morgan fingerprint density at radius 2 is 1.73 bits per heavy atom. The molecule has 1 aromatic heterocycles. The molecule has 3 N–H and O–H groups in total. The molecule has 0 aliphatic carbocycles. The second kappa shape index (κ2) is 10.4. The number of hydrogen-bond acceptors (Lipinski definition) is 6. The fourth-order valence-electron chi connectivity index (χ4n) is 3.38. The van der Waals surface area contributed by atoms with Crippen molar-refractivity contribution in [3.05, 3.63) is 86.6 Å². The van der Waals surface area contributed by atoms with E-state index in [4.69, 9.17) is 10.5 Å². The standard InChI is InChI=1S/C24H26N4O5/c1-3-4-14-27-21(25)20(22(30)26-24(27)32)28(15-17-8-6-5-7-9-17)23(31)18-10-12-19(13-11-18)33-16(2)29/h5-13H,3-4,14-15,25H2,1-2H3,(H,26,30,32). The van der Waals surface area contributed by atoms with Crippen LogP contribution in [0.3, 0.4) is 0 Å². The average Bonchev–Trinajstić information content (AvgIpc) is 2.78. The molecule has 2 aromatic carbocycles. The number of amides is 1. The fourth-order valence-corrected chi connectivity index (χ4v) is 3.38. The number of nitrogen functional groups attached to an aromatic ring is 1. The number of nitrogens with one attached hydrogen (secondary N) is 1. The van der Waals surface area contributed by atoms with Crippen molar-refractivity contribution in [2.45, 2.75) is 39.8 Å². The topological polar surface area (TPSA) is 127 Å². The van der Waals surface area contributed by atoms with Gasteiger partial charge in [0.2, 0.25) is 0 Å². The van der Waals surface area contributed by atoms with Gasteiger partial charge in [-0.3, -0.25) is 28.8 Å². The van der Waals surface area contributed by atoms with E-state index < -0.39 is 23.1 Å². The van der Waals surface area contributed by atoms with Crippen LogP contribution < -0.4 is 26.6 Å². The first kappa shape index (κ1) is 23.5.